The number of hydrogen-bond donors (Lipinski definition) is 3. The van der Waals surface area contributed by atoms with Crippen LogP contribution in [0.5, 0.6) is 0 Å². The molecule has 0 radical (unpaired) electrons. The Bertz CT molecular complexity index is 3700. The molecule has 0 aliphatic carbocycles. The maximum absolute atomic E-state index is 13.6. The number of amides is 2. The Morgan fingerprint density at radius 1 is 0.493 bits per heavy atom. The first-order chi connectivity index (χ1) is 32.5. The third kappa shape index (κ3) is 6.80. The molecule has 67 heavy (non-hydrogen) atoms. The smallest absolute Gasteiger partial charge is 0.357 e. The van der Waals surface area contributed by atoms with Gasteiger partial charge in [0.05, 0.1) is 35.3 Å². The van der Waals surface area contributed by atoms with E-state index in [-0.39, 0.29) is 36.0 Å². The highest BCUT2D eigenvalue weighted by Gasteiger charge is 2.29. The van der Waals surface area contributed by atoms with Gasteiger partial charge < -0.3 is 24.7 Å². The van der Waals surface area contributed by atoms with E-state index in [1.807, 2.05) is 42.5 Å². The summed E-state index contributed by atoms with van der Waals surface area (Å²) in [5.74, 6) is -3.97. The molecule has 10 aromatic rings. The minimum Gasteiger partial charge on any atom is -0.477 e. The van der Waals surface area contributed by atoms with Gasteiger partial charge in [-0.1, -0.05) is 54.6 Å². The summed E-state index contributed by atoms with van der Waals surface area (Å²) in [5, 5.41) is 25.7. The zero-order valence-electron chi connectivity index (χ0n) is 35.6. The molecule has 3 N–H and O–H groups in total. The van der Waals surface area contributed by atoms with Gasteiger partial charge in [-0.3, -0.25) is 9.59 Å². The van der Waals surface area contributed by atoms with Gasteiger partial charge in [0.25, 0.3) is 0 Å². The molecular weight excluding hydrogens is 859 g/mol. The van der Waals surface area contributed by atoms with E-state index in [0.717, 1.165) is 43.5 Å². The molecule has 0 fully saturated rings. The van der Waals surface area contributed by atoms with Crippen LogP contribution >= 0.6 is 0 Å². The Morgan fingerprint density at radius 3 is 1.40 bits per heavy atom. The number of esters is 2. The Hall–Kier alpha value is -9.38. The molecule has 0 saturated carbocycles. The molecule has 332 valence electrons. The Labute approximate surface area is 378 Å². The molecule has 10 rings (SSSR count). The third-order valence-electron chi connectivity index (χ3n) is 11.6. The lowest BCUT2D eigenvalue weighted by Gasteiger charge is -2.25. The van der Waals surface area contributed by atoms with Crippen molar-refractivity contribution in [3.8, 4) is 22.4 Å². The monoisotopic (exact) mass is 895 g/mol. The maximum atomic E-state index is 13.6. The lowest BCUT2D eigenvalue weighted by atomic mass is 10.0. The molecule has 0 atom stereocenters. The molecule has 0 aliphatic heterocycles. The highest BCUT2D eigenvalue weighted by Crippen LogP contribution is 2.34. The lowest BCUT2D eigenvalue weighted by Crippen LogP contribution is -2.41. The SMILES string of the molecule is CCOC(=O)c1cc2ccccc2n1N(C=O)n1c(C(=O)OCC)cc2cc(-c3cc4cc(-c5ccc6c(c5)cc(C(=O)O)n6N(C=O)n5c(C(=O)O)cc6ccccc65)ccc4[nH]3)ccc21. The number of aromatic amines is 1. The standard InChI is InChI=1S/C50H37N7O10/c1-3-66-49(64)45-24-33-10-6-8-12-40(33)56(45)53(28-59)57-42-18-15-31(21-36(42)26-46(57)50(65)67-4-2)38-22-34-19-29(13-16-37(34)51-38)30-14-17-41-35(20-30)25-44(48(62)63)55(41)52(27-58)54-39-11-7-5-9-32(39)23-43(54)47(60)61/h5-28,51H,3-4H2,1-2H3,(H,60,61)(H,62,63). The van der Waals surface area contributed by atoms with Crippen LogP contribution in [0.1, 0.15) is 55.8 Å². The quantitative estimate of drug-likeness (QED) is 0.0706. The average molecular weight is 896 g/mol. The summed E-state index contributed by atoms with van der Waals surface area (Å²) in [7, 11) is 0. The van der Waals surface area contributed by atoms with Crippen LogP contribution in [-0.2, 0) is 19.1 Å². The summed E-state index contributed by atoms with van der Waals surface area (Å²) in [6.07, 6.45) is 0.887. The van der Waals surface area contributed by atoms with Gasteiger partial charge in [0.15, 0.2) is 22.8 Å². The number of benzene rings is 5. The molecule has 0 aliphatic rings. The molecule has 0 spiro atoms. The van der Waals surface area contributed by atoms with E-state index in [9.17, 15) is 39.0 Å². The number of fused-ring (bicyclic) bond motifs is 5. The third-order valence-corrected chi connectivity index (χ3v) is 11.6. The molecular formula is C50H37N7O10. The Kier molecular flexibility index (Phi) is 10.1. The van der Waals surface area contributed by atoms with Crippen LogP contribution in [0.4, 0.5) is 0 Å². The number of carboxylic acids is 2. The molecule has 17 nitrogen and oxygen atoms in total. The fourth-order valence-electron chi connectivity index (χ4n) is 8.75. The molecule has 5 heterocycles. The number of carbonyl (C=O) groups is 6. The second-order valence-corrected chi connectivity index (χ2v) is 15.4. The van der Waals surface area contributed by atoms with Crippen LogP contribution in [0, 0.1) is 0 Å². The van der Waals surface area contributed by atoms with Crippen LogP contribution in [0.15, 0.2) is 133 Å². The number of para-hydroxylation sites is 2. The topological polar surface area (TPSA) is 203 Å². The number of nitrogens with zero attached hydrogens (tertiary/aromatic N) is 6. The van der Waals surface area contributed by atoms with Gasteiger partial charge in [-0.2, -0.15) is 0 Å². The number of aromatic nitrogens is 5. The molecule has 17 heteroatoms. The van der Waals surface area contributed by atoms with Crippen molar-refractivity contribution >= 4 is 91.2 Å². The van der Waals surface area contributed by atoms with E-state index in [0.29, 0.717) is 56.4 Å². The zero-order chi connectivity index (χ0) is 46.7. The van der Waals surface area contributed by atoms with Crippen molar-refractivity contribution < 1.29 is 48.5 Å². The predicted molar refractivity (Wildman–Crippen MR) is 249 cm³/mol. The van der Waals surface area contributed by atoms with Gasteiger partial charge in [-0.25, -0.2) is 37.9 Å². The minimum absolute atomic E-state index is 0.0415. The summed E-state index contributed by atoms with van der Waals surface area (Å²) < 4.78 is 16.0. The summed E-state index contributed by atoms with van der Waals surface area (Å²) in [6.45, 7) is 3.55. The molecule has 5 aromatic carbocycles. The van der Waals surface area contributed by atoms with Crippen LogP contribution in [-0.4, -0.2) is 83.8 Å². The number of H-pyrrole nitrogens is 1. The van der Waals surface area contributed by atoms with Crippen molar-refractivity contribution in [1.29, 1.82) is 0 Å². The minimum atomic E-state index is -1.33. The van der Waals surface area contributed by atoms with E-state index in [2.05, 4.69) is 4.98 Å². The van der Waals surface area contributed by atoms with Crippen molar-refractivity contribution in [2.24, 2.45) is 0 Å². The highest BCUT2D eigenvalue weighted by atomic mass is 16.5. The number of ether oxygens (including phenoxy) is 2. The molecule has 2 amide bonds. The van der Waals surface area contributed by atoms with Gasteiger partial charge in [0, 0.05) is 38.1 Å². The normalized spacial score (nSPS) is 11.4. The number of nitrogens with one attached hydrogen (secondary N) is 1. The Balaban J connectivity index is 1.03. The van der Waals surface area contributed by atoms with Gasteiger partial charge in [-0.15, -0.1) is 10.2 Å². The predicted octanol–water partition coefficient (Wildman–Crippen LogP) is 8.19. The zero-order valence-corrected chi connectivity index (χ0v) is 35.6. The van der Waals surface area contributed by atoms with E-state index in [1.54, 1.807) is 92.7 Å². The van der Waals surface area contributed by atoms with Gasteiger partial charge in [0.1, 0.15) is 0 Å². The first-order valence-corrected chi connectivity index (χ1v) is 21.0. The molecule has 5 aromatic heterocycles. The van der Waals surface area contributed by atoms with Crippen molar-refractivity contribution in [2.75, 3.05) is 23.4 Å². The van der Waals surface area contributed by atoms with E-state index in [1.165, 1.54) is 30.8 Å². The first kappa shape index (κ1) is 41.6. The highest BCUT2D eigenvalue weighted by molar-refractivity contribution is 6.02. The summed E-state index contributed by atoms with van der Waals surface area (Å²) in [5.41, 5.74) is 5.23. The largest absolute Gasteiger partial charge is 0.477 e. The second kappa shape index (κ2) is 16.3. The summed E-state index contributed by atoms with van der Waals surface area (Å²) in [4.78, 5) is 81.3. The van der Waals surface area contributed by atoms with E-state index in [4.69, 9.17) is 9.47 Å². The van der Waals surface area contributed by atoms with Gasteiger partial charge in [0.2, 0.25) is 12.8 Å². The molecule has 0 saturated heterocycles. The number of aromatic carboxylic acids is 2. The van der Waals surface area contributed by atoms with Gasteiger partial charge in [-0.05, 0) is 109 Å². The number of carboxylic acid groups (broad SMARTS) is 2. The first-order valence-electron chi connectivity index (χ1n) is 21.0. The Morgan fingerprint density at radius 2 is 0.896 bits per heavy atom. The fourth-order valence-corrected chi connectivity index (χ4v) is 8.75. The van der Waals surface area contributed by atoms with Crippen molar-refractivity contribution in [2.45, 2.75) is 13.8 Å². The fraction of sp³-hybridized carbons (Fsp3) is 0.0800. The lowest BCUT2D eigenvalue weighted by molar-refractivity contribution is -0.110. The number of hydrogen-bond acceptors (Lipinski definition) is 8. The van der Waals surface area contributed by atoms with E-state index < -0.39 is 23.9 Å². The van der Waals surface area contributed by atoms with E-state index >= 15 is 0 Å². The van der Waals surface area contributed by atoms with Gasteiger partial charge >= 0.3 is 23.9 Å². The molecule has 0 unspecified atom stereocenters. The average Bonchev–Trinajstić information content (AvgIpc) is 4.17. The summed E-state index contributed by atoms with van der Waals surface area (Å²) >= 11 is 0. The van der Waals surface area contributed by atoms with Crippen molar-refractivity contribution in [3.05, 3.63) is 156 Å². The van der Waals surface area contributed by atoms with Crippen LogP contribution < -0.4 is 10.2 Å². The summed E-state index contributed by atoms with van der Waals surface area (Å²) in [6, 6.07) is 38.6. The molecule has 0 bridgehead atoms. The van der Waals surface area contributed by atoms with Crippen molar-refractivity contribution in [3.63, 3.8) is 0 Å². The van der Waals surface area contributed by atoms with Crippen molar-refractivity contribution in [1.82, 2.24) is 23.7 Å². The maximum Gasteiger partial charge on any atom is 0.357 e. The van der Waals surface area contributed by atoms with Crippen LogP contribution in [0.25, 0.3) is 76.9 Å². The van der Waals surface area contributed by atoms with Crippen LogP contribution in [0.3, 0.4) is 0 Å². The van der Waals surface area contributed by atoms with Crippen LogP contribution in [0.2, 0.25) is 0 Å². The number of rotatable bonds is 14. The number of carbonyl (C=O) groups excluding carboxylic acids is 4. The second-order valence-electron chi connectivity index (χ2n) is 15.4.